The lowest BCUT2D eigenvalue weighted by Gasteiger charge is -2.35. The third-order valence-corrected chi connectivity index (χ3v) is 7.07. The first kappa shape index (κ1) is 23.1. The van der Waals surface area contributed by atoms with Crippen LogP contribution in [0.15, 0.2) is 53.7 Å². The van der Waals surface area contributed by atoms with Gasteiger partial charge in [-0.15, -0.1) is 0 Å². The van der Waals surface area contributed by atoms with Gasteiger partial charge in [0.15, 0.2) is 5.16 Å². The summed E-state index contributed by atoms with van der Waals surface area (Å²) >= 11 is 7.67. The van der Waals surface area contributed by atoms with E-state index in [0.717, 1.165) is 48.9 Å². The fraction of sp³-hybridized carbons (Fsp3) is 0.417. The van der Waals surface area contributed by atoms with Crippen molar-refractivity contribution in [3.63, 3.8) is 0 Å². The van der Waals surface area contributed by atoms with Gasteiger partial charge in [-0.2, -0.15) is 0 Å². The van der Waals surface area contributed by atoms with Crippen LogP contribution in [-0.4, -0.2) is 70.4 Å². The van der Waals surface area contributed by atoms with Crippen molar-refractivity contribution in [3.8, 4) is 0 Å². The maximum Gasteiger partial charge on any atom is 0.235 e. The summed E-state index contributed by atoms with van der Waals surface area (Å²) in [7, 11) is 1.69. The largest absolute Gasteiger partial charge is 0.383 e. The normalized spacial score (nSPS) is 15.9. The van der Waals surface area contributed by atoms with E-state index in [4.69, 9.17) is 21.3 Å². The zero-order chi connectivity index (χ0) is 22.5. The van der Waals surface area contributed by atoms with E-state index in [9.17, 15) is 4.79 Å². The summed E-state index contributed by atoms with van der Waals surface area (Å²) < 4.78 is 7.39. The van der Waals surface area contributed by atoms with Gasteiger partial charge in [0, 0.05) is 51.4 Å². The Balaban J connectivity index is 1.39. The number of thioether (sulfide) groups is 1. The summed E-state index contributed by atoms with van der Waals surface area (Å²) in [6.07, 6.45) is 0. The third kappa shape index (κ3) is 5.46. The standard InChI is InChI=1S/C24H29ClN4O2S/c1-18(23(30)28-12-10-27(11-13-28)17-19-6-4-3-5-7-19)32-24-26-21-16-20(25)8-9-22(21)29(24)14-15-31-2/h3-9,16,18H,10-15,17H2,1-2H3. The molecular weight excluding hydrogens is 444 g/mol. The molecule has 0 radical (unpaired) electrons. The Morgan fingerprint density at radius 2 is 1.91 bits per heavy atom. The molecule has 1 fully saturated rings. The van der Waals surface area contributed by atoms with Crippen molar-refractivity contribution in [1.29, 1.82) is 0 Å². The summed E-state index contributed by atoms with van der Waals surface area (Å²) in [5, 5.41) is 1.26. The number of nitrogens with zero attached hydrogens (tertiary/aromatic N) is 4. The van der Waals surface area contributed by atoms with E-state index in [1.165, 1.54) is 17.3 Å². The minimum atomic E-state index is -0.218. The van der Waals surface area contributed by atoms with Crippen LogP contribution in [0.25, 0.3) is 11.0 Å². The van der Waals surface area contributed by atoms with Crippen molar-refractivity contribution in [3.05, 3.63) is 59.1 Å². The SMILES string of the molecule is COCCn1c(SC(C)C(=O)N2CCN(Cc3ccccc3)CC2)nc2cc(Cl)ccc21. The Morgan fingerprint density at radius 3 is 2.62 bits per heavy atom. The number of halogens is 1. The van der Waals surface area contributed by atoms with Crippen molar-refractivity contribution in [2.45, 2.75) is 30.4 Å². The van der Waals surface area contributed by atoms with Crippen molar-refractivity contribution < 1.29 is 9.53 Å². The molecule has 4 rings (SSSR count). The molecule has 1 atom stereocenters. The molecule has 2 heterocycles. The van der Waals surface area contributed by atoms with Crippen molar-refractivity contribution >= 4 is 40.3 Å². The number of hydrogen-bond acceptors (Lipinski definition) is 5. The summed E-state index contributed by atoms with van der Waals surface area (Å²) in [6, 6.07) is 16.2. The molecule has 2 aromatic carbocycles. The lowest BCUT2D eigenvalue weighted by atomic mass is 10.2. The van der Waals surface area contributed by atoms with Gasteiger partial charge in [0.25, 0.3) is 0 Å². The van der Waals surface area contributed by atoms with Gasteiger partial charge in [0.1, 0.15) is 0 Å². The van der Waals surface area contributed by atoms with E-state index in [0.29, 0.717) is 18.2 Å². The number of methoxy groups -OCH3 is 1. The lowest BCUT2D eigenvalue weighted by Crippen LogP contribution is -2.50. The van der Waals surface area contributed by atoms with Gasteiger partial charge in [-0.3, -0.25) is 9.69 Å². The highest BCUT2D eigenvalue weighted by molar-refractivity contribution is 8.00. The Bertz CT molecular complexity index is 1050. The molecule has 1 aliphatic heterocycles. The second kappa shape index (κ2) is 10.7. The molecule has 0 aliphatic carbocycles. The fourth-order valence-electron chi connectivity index (χ4n) is 4.00. The number of aromatic nitrogens is 2. The highest BCUT2D eigenvalue weighted by Crippen LogP contribution is 2.29. The van der Waals surface area contributed by atoms with Crippen LogP contribution in [0.3, 0.4) is 0 Å². The minimum Gasteiger partial charge on any atom is -0.383 e. The molecule has 0 spiro atoms. The first-order valence-electron chi connectivity index (χ1n) is 10.9. The average Bonchev–Trinajstić information content (AvgIpc) is 3.14. The summed E-state index contributed by atoms with van der Waals surface area (Å²) in [5.74, 6) is 0.165. The summed E-state index contributed by atoms with van der Waals surface area (Å²) in [5.41, 5.74) is 3.15. The molecule has 1 unspecified atom stereocenters. The molecule has 8 heteroatoms. The number of hydrogen-bond donors (Lipinski definition) is 0. The van der Waals surface area contributed by atoms with Gasteiger partial charge in [-0.05, 0) is 30.7 Å². The minimum absolute atomic E-state index is 0.165. The molecule has 0 bridgehead atoms. The first-order valence-corrected chi connectivity index (χ1v) is 12.2. The Labute approximate surface area is 198 Å². The zero-order valence-corrected chi connectivity index (χ0v) is 20.1. The van der Waals surface area contributed by atoms with Gasteiger partial charge in [-0.1, -0.05) is 53.7 Å². The number of benzene rings is 2. The molecule has 0 saturated carbocycles. The van der Waals surface area contributed by atoms with Gasteiger partial charge >= 0.3 is 0 Å². The van der Waals surface area contributed by atoms with E-state index in [2.05, 4.69) is 33.7 Å². The van der Waals surface area contributed by atoms with Gasteiger partial charge < -0.3 is 14.2 Å². The summed E-state index contributed by atoms with van der Waals surface area (Å²) in [4.78, 5) is 22.3. The second-order valence-electron chi connectivity index (χ2n) is 8.02. The van der Waals surface area contributed by atoms with Crippen molar-refractivity contribution in [2.75, 3.05) is 39.9 Å². The van der Waals surface area contributed by atoms with Crippen LogP contribution >= 0.6 is 23.4 Å². The van der Waals surface area contributed by atoms with Gasteiger partial charge in [-0.25, -0.2) is 4.98 Å². The molecule has 6 nitrogen and oxygen atoms in total. The fourth-order valence-corrected chi connectivity index (χ4v) is 5.20. The number of carbonyl (C=O) groups is 1. The van der Waals surface area contributed by atoms with E-state index in [-0.39, 0.29) is 11.2 Å². The Hall–Kier alpha value is -2.06. The lowest BCUT2D eigenvalue weighted by molar-refractivity contribution is -0.132. The van der Waals surface area contributed by atoms with E-state index >= 15 is 0 Å². The molecule has 32 heavy (non-hydrogen) atoms. The molecular formula is C24H29ClN4O2S. The number of amides is 1. The number of piperazine rings is 1. The molecule has 170 valence electrons. The topological polar surface area (TPSA) is 50.6 Å². The molecule has 1 saturated heterocycles. The van der Waals surface area contributed by atoms with Crippen LogP contribution in [-0.2, 0) is 22.6 Å². The molecule has 3 aromatic rings. The number of ether oxygens (including phenoxy) is 1. The predicted molar refractivity (Wildman–Crippen MR) is 130 cm³/mol. The quantitative estimate of drug-likeness (QED) is 0.461. The van der Waals surface area contributed by atoms with E-state index < -0.39 is 0 Å². The van der Waals surface area contributed by atoms with Gasteiger partial charge in [0.2, 0.25) is 5.91 Å². The number of imidazole rings is 1. The molecule has 0 N–H and O–H groups in total. The number of fused-ring (bicyclic) bond motifs is 1. The Kier molecular flexibility index (Phi) is 7.73. The molecule has 1 aliphatic rings. The number of carbonyl (C=O) groups excluding carboxylic acids is 1. The van der Waals surface area contributed by atoms with Crippen LogP contribution in [0.1, 0.15) is 12.5 Å². The van der Waals surface area contributed by atoms with Crippen LogP contribution in [0, 0.1) is 0 Å². The van der Waals surface area contributed by atoms with Crippen LogP contribution < -0.4 is 0 Å². The molecule has 1 amide bonds. The third-order valence-electron chi connectivity index (χ3n) is 5.76. The monoisotopic (exact) mass is 472 g/mol. The number of rotatable bonds is 8. The predicted octanol–water partition coefficient (Wildman–Crippen LogP) is 4.16. The smallest absolute Gasteiger partial charge is 0.235 e. The van der Waals surface area contributed by atoms with Crippen LogP contribution in [0.2, 0.25) is 5.02 Å². The van der Waals surface area contributed by atoms with E-state index in [1.807, 2.05) is 36.1 Å². The average molecular weight is 473 g/mol. The zero-order valence-electron chi connectivity index (χ0n) is 18.5. The maximum atomic E-state index is 13.2. The van der Waals surface area contributed by atoms with Gasteiger partial charge in [0.05, 0.1) is 22.9 Å². The van der Waals surface area contributed by atoms with Crippen LogP contribution in [0.4, 0.5) is 0 Å². The maximum absolute atomic E-state index is 13.2. The highest BCUT2D eigenvalue weighted by Gasteiger charge is 2.27. The van der Waals surface area contributed by atoms with Crippen molar-refractivity contribution in [1.82, 2.24) is 19.4 Å². The summed E-state index contributed by atoms with van der Waals surface area (Å²) in [6.45, 7) is 7.45. The second-order valence-corrected chi connectivity index (χ2v) is 9.76. The van der Waals surface area contributed by atoms with Crippen LogP contribution in [0.5, 0.6) is 0 Å². The first-order chi connectivity index (χ1) is 15.5. The highest BCUT2D eigenvalue weighted by atomic mass is 35.5. The Morgan fingerprint density at radius 1 is 1.16 bits per heavy atom. The molecule has 1 aromatic heterocycles. The van der Waals surface area contributed by atoms with Crippen molar-refractivity contribution in [2.24, 2.45) is 0 Å². The van der Waals surface area contributed by atoms with E-state index in [1.54, 1.807) is 7.11 Å².